The Bertz CT molecular complexity index is 1050. The molecule has 34 heavy (non-hydrogen) atoms. The first-order valence-corrected chi connectivity index (χ1v) is 12.8. The number of hydrogen-bond donors (Lipinski definition) is 0. The van der Waals surface area contributed by atoms with Crippen LogP contribution in [0, 0.1) is 0 Å². The van der Waals surface area contributed by atoms with Gasteiger partial charge in [-0.2, -0.15) is 4.31 Å². The Hall–Kier alpha value is -2.91. The summed E-state index contributed by atoms with van der Waals surface area (Å²) < 4.78 is 31.6. The molecule has 0 N–H and O–H groups in total. The highest BCUT2D eigenvalue weighted by Crippen LogP contribution is 2.17. The normalized spacial score (nSPS) is 11.4. The maximum atomic E-state index is 12.5. The second kappa shape index (κ2) is 12.5. The summed E-state index contributed by atoms with van der Waals surface area (Å²) in [6.07, 6.45) is 0.498. The summed E-state index contributed by atoms with van der Waals surface area (Å²) in [6, 6.07) is 14.4. The van der Waals surface area contributed by atoms with Crippen molar-refractivity contribution in [1.29, 1.82) is 0 Å². The lowest BCUT2D eigenvalue weighted by Crippen LogP contribution is -2.30. The highest BCUT2D eigenvalue weighted by molar-refractivity contribution is 7.89. The number of esters is 1. The topological polar surface area (TPSA) is 87.2 Å². The Kier molecular flexibility index (Phi) is 10.1. The van der Waals surface area contributed by atoms with E-state index < -0.39 is 16.0 Å². The largest absolute Gasteiger partial charge is 0.456 e. The lowest BCUT2D eigenvalue weighted by Gasteiger charge is -2.18. The van der Waals surface area contributed by atoms with Crippen molar-refractivity contribution in [3.8, 4) is 0 Å². The first-order chi connectivity index (χ1) is 16.1. The number of carbonyl (C=O) groups is 2. The number of amides is 1. The average molecular weight is 490 g/mol. The fourth-order valence-corrected chi connectivity index (χ4v) is 4.83. The van der Waals surface area contributed by atoms with Crippen LogP contribution in [0.1, 0.15) is 31.4 Å². The first-order valence-electron chi connectivity index (χ1n) is 11.3. The number of nitrogens with zero attached hydrogens (tertiary/aromatic N) is 3. The quantitative estimate of drug-likeness (QED) is 0.426. The van der Waals surface area contributed by atoms with E-state index in [9.17, 15) is 18.0 Å². The molecule has 2 rings (SSSR count). The van der Waals surface area contributed by atoms with Crippen LogP contribution < -0.4 is 4.90 Å². The molecule has 0 bridgehead atoms. The van der Waals surface area contributed by atoms with Gasteiger partial charge in [0.1, 0.15) is 0 Å². The molecule has 0 atom stereocenters. The number of ether oxygens (including phenoxy) is 1. The molecule has 2 aromatic rings. The summed E-state index contributed by atoms with van der Waals surface area (Å²) in [7, 11) is 2.09. The Morgan fingerprint density at radius 1 is 0.853 bits per heavy atom. The average Bonchev–Trinajstić information content (AvgIpc) is 2.82. The van der Waals surface area contributed by atoms with Gasteiger partial charge in [0.05, 0.1) is 4.90 Å². The van der Waals surface area contributed by atoms with Gasteiger partial charge in [0.2, 0.25) is 10.0 Å². The van der Waals surface area contributed by atoms with E-state index in [-0.39, 0.29) is 23.8 Å². The summed E-state index contributed by atoms with van der Waals surface area (Å²) in [5.74, 6) is -0.757. The minimum absolute atomic E-state index is 0.102. The molecule has 1 amide bonds. The van der Waals surface area contributed by atoms with Crippen molar-refractivity contribution < 1.29 is 22.7 Å². The van der Waals surface area contributed by atoms with E-state index in [1.807, 2.05) is 43.3 Å². The lowest BCUT2D eigenvalue weighted by atomic mass is 10.1. The summed E-state index contributed by atoms with van der Waals surface area (Å²) in [5, 5.41) is 0. The first kappa shape index (κ1) is 27.3. The third-order valence-electron chi connectivity index (χ3n) is 5.54. The van der Waals surface area contributed by atoms with Gasteiger partial charge in [-0.3, -0.25) is 9.59 Å². The van der Waals surface area contributed by atoms with E-state index in [2.05, 4.69) is 0 Å². The van der Waals surface area contributed by atoms with Gasteiger partial charge in [0.25, 0.3) is 5.91 Å². The van der Waals surface area contributed by atoms with Crippen LogP contribution in [-0.2, 0) is 37.3 Å². The number of benzene rings is 2. The minimum atomic E-state index is -3.51. The molecule has 0 aromatic heterocycles. The van der Waals surface area contributed by atoms with E-state index in [1.165, 1.54) is 9.21 Å². The van der Waals surface area contributed by atoms with Gasteiger partial charge >= 0.3 is 5.97 Å². The highest BCUT2D eigenvalue weighted by Gasteiger charge is 2.21. The van der Waals surface area contributed by atoms with E-state index in [1.54, 1.807) is 45.2 Å². The predicted molar refractivity (Wildman–Crippen MR) is 133 cm³/mol. The van der Waals surface area contributed by atoms with E-state index in [4.69, 9.17) is 4.74 Å². The number of carbonyl (C=O) groups excluding carboxylic acids is 2. The molecule has 186 valence electrons. The van der Waals surface area contributed by atoms with E-state index >= 15 is 0 Å². The second-order valence-corrected chi connectivity index (χ2v) is 10.1. The summed E-state index contributed by atoms with van der Waals surface area (Å²) in [4.78, 5) is 28.2. The Labute approximate surface area is 203 Å². The van der Waals surface area contributed by atoms with Crippen LogP contribution in [0.25, 0.3) is 0 Å². The van der Waals surface area contributed by atoms with Crippen molar-refractivity contribution in [2.75, 3.05) is 45.7 Å². The van der Waals surface area contributed by atoms with Crippen molar-refractivity contribution in [3.63, 3.8) is 0 Å². The highest BCUT2D eigenvalue weighted by atomic mass is 32.2. The zero-order valence-electron chi connectivity index (χ0n) is 20.7. The summed E-state index contributed by atoms with van der Waals surface area (Å²) in [6.45, 7) is 4.52. The van der Waals surface area contributed by atoms with Crippen molar-refractivity contribution in [1.82, 2.24) is 9.21 Å². The molecule has 0 saturated carbocycles. The van der Waals surface area contributed by atoms with Crippen molar-refractivity contribution >= 4 is 27.6 Å². The van der Waals surface area contributed by atoms with E-state index in [0.717, 1.165) is 16.8 Å². The molecular weight excluding hydrogens is 454 g/mol. The number of rotatable bonds is 12. The van der Waals surface area contributed by atoms with Crippen molar-refractivity contribution in [2.24, 2.45) is 0 Å². The summed E-state index contributed by atoms with van der Waals surface area (Å²) >= 11 is 0. The van der Waals surface area contributed by atoms with Crippen molar-refractivity contribution in [3.05, 3.63) is 59.7 Å². The molecule has 0 radical (unpaired) electrons. The number of hydrogen-bond acceptors (Lipinski definition) is 6. The third kappa shape index (κ3) is 7.56. The zero-order valence-corrected chi connectivity index (χ0v) is 21.5. The van der Waals surface area contributed by atoms with Gasteiger partial charge in [-0.25, -0.2) is 8.42 Å². The number of anilines is 1. The fourth-order valence-electron chi connectivity index (χ4n) is 3.37. The Morgan fingerprint density at radius 3 is 1.94 bits per heavy atom. The van der Waals surface area contributed by atoms with Crippen molar-refractivity contribution in [2.45, 2.75) is 38.1 Å². The van der Waals surface area contributed by atoms with Gasteiger partial charge in [-0.1, -0.05) is 38.1 Å². The zero-order chi connectivity index (χ0) is 25.3. The second-order valence-electron chi connectivity index (χ2n) is 8.20. The van der Waals surface area contributed by atoms with Crippen LogP contribution in [0.4, 0.5) is 5.69 Å². The van der Waals surface area contributed by atoms with Crippen LogP contribution in [0.2, 0.25) is 0 Å². The molecule has 0 heterocycles. The summed E-state index contributed by atoms with van der Waals surface area (Å²) in [5.41, 5.74) is 2.88. The van der Waals surface area contributed by atoms with Gasteiger partial charge in [-0.05, 0) is 41.8 Å². The maximum Gasteiger partial charge on any atom is 0.306 e. The SMILES string of the molecule is CCN(CC)S(=O)(=O)c1ccc(CCC(=O)OCC(=O)N(C)Cc2ccc(N(C)C)cc2)cc1. The maximum absolute atomic E-state index is 12.5. The Morgan fingerprint density at radius 2 is 1.41 bits per heavy atom. The molecule has 0 aliphatic rings. The predicted octanol–water partition coefficient (Wildman–Crippen LogP) is 2.92. The molecule has 0 aliphatic heterocycles. The lowest BCUT2D eigenvalue weighted by molar-refractivity contribution is -0.151. The number of likely N-dealkylation sites (N-methyl/N-ethyl adjacent to an activating group) is 1. The minimum Gasteiger partial charge on any atom is -0.456 e. The smallest absolute Gasteiger partial charge is 0.306 e. The van der Waals surface area contributed by atoms with Crippen LogP contribution in [0.5, 0.6) is 0 Å². The molecule has 8 nitrogen and oxygen atoms in total. The standard InChI is InChI=1S/C25H35N3O5S/c1-6-28(7-2)34(31,32)23-15-10-20(11-16-23)12-17-25(30)33-19-24(29)27(5)18-21-8-13-22(14-9-21)26(3)4/h8-11,13-16H,6-7,12,17-19H2,1-5H3. The van der Waals surface area contributed by atoms with E-state index in [0.29, 0.717) is 26.1 Å². The van der Waals surface area contributed by atoms with Crippen LogP contribution in [-0.4, -0.2) is 70.3 Å². The molecule has 0 fully saturated rings. The molecule has 0 spiro atoms. The van der Waals surface area contributed by atoms with Gasteiger partial charge in [-0.15, -0.1) is 0 Å². The van der Waals surface area contributed by atoms with Crippen LogP contribution in [0.15, 0.2) is 53.4 Å². The molecule has 0 aliphatic carbocycles. The van der Waals surface area contributed by atoms with Gasteiger partial charge in [0, 0.05) is 52.9 Å². The fraction of sp³-hybridized carbons (Fsp3) is 0.440. The molecule has 2 aromatic carbocycles. The monoisotopic (exact) mass is 489 g/mol. The van der Waals surface area contributed by atoms with Crippen LogP contribution >= 0.6 is 0 Å². The molecule has 0 saturated heterocycles. The van der Waals surface area contributed by atoms with Gasteiger partial charge in [0.15, 0.2) is 6.61 Å². The Balaban J connectivity index is 1.80. The number of aryl methyl sites for hydroxylation is 1. The molecular formula is C25H35N3O5S. The van der Waals surface area contributed by atoms with Gasteiger partial charge < -0.3 is 14.5 Å². The third-order valence-corrected chi connectivity index (χ3v) is 7.60. The number of sulfonamides is 1. The molecule has 0 unspecified atom stereocenters. The molecule has 9 heteroatoms. The van der Waals surface area contributed by atoms with Crippen LogP contribution in [0.3, 0.4) is 0 Å².